The number of nitrogens with zero attached hydrogens (tertiary/aromatic N) is 3. The van der Waals surface area contributed by atoms with Gasteiger partial charge in [0, 0.05) is 23.6 Å². The fourth-order valence-electron chi connectivity index (χ4n) is 4.60. The number of rotatable bonds is 6. The molecular weight excluding hydrogens is 531 g/mol. The van der Waals surface area contributed by atoms with E-state index in [0.717, 1.165) is 25.3 Å². The van der Waals surface area contributed by atoms with Crippen LogP contribution in [0.1, 0.15) is 35.3 Å². The van der Waals surface area contributed by atoms with E-state index in [1.807, 2.05) is 0 Å². The van der Waals surface area contributed by atoms with Gasteiger partial charge in [0.25, 0.3) is 15.6 Å². The third kappa shape index (κ3) is 4.34. The third-order valence-electron chi connectivity index (χ3n) is 6.81. The maximum Gasteiger partial charge on any atom is 0.360 e. The number of aryl methyl sites for hydroxylation is 1. The van der Waals surface area contributed by atoms with Crippen LogP contribution >= 0.6 is 0 Å². The zero-order chi connectivity index (χ0) is 27.5. The first-order valence-electron chi connectivity index (χ1n) is 12.0. The fourth-order valence-corrected chi connectivity index (χ4v) is 5.75. The van der Waals surface area contributed by atoms with Crippen LogP contribution in [0.4, 0.5) is 10.1 Å². The number of aromatic hydroxyl groups is 1. The van der Waals surface area contributed by atoms with Crippen LogP contribution in [-0.2, 0) is 21.3 Å². The van der Waals surface area contributed by atoms with E-state index >= 15 is 0 Å². The number of ether oxygens (including phenoxy) is 1. The second kappa shape index (κ2) is 9.05. The number of anilines is 1. The number of esters is 1. The van der Waals surface area contributed by atoms with Crippen molar-refractivity contribution >= 4 is 38.4 Å². The van der Waals surface area contributed by atoms with Gasteiger partial charge in [-0.1, -0.05) is 18.0 Å². The smallest absolute Gasteiger partial charge is 0.360 e. The number of methoxy groups -OCH3 is 1. The van der Waals surface area contributed by atoms with Gasteiger partial charge in [-0.2, -0.15) is 8.42 Å². The Bertz CT molecular complexity index is 1870. The number of carbonyl (C=O) groups excluding carboxylic acids is 1. The average molecular weight is 553 g/mol. The van der Waals surface area contributed by atoms with Crippen molar-refractivity contribution in [2.24, 2.45) is 10.3 Å². The summed E-state index contributed by atoms with van der Waals surface area (Å²) in [6, 6.07) is 9.26. The molecule has 1 saturated carbocycles. The first kappa shape index (κ1) is 24.8. The topological polar surface area (TPSA) is 153 Å². The van der Waals surface area contributed by atoms with E-state index in [9.17, 15) is 27.5 Å². The lowest BCUT2D eigenvalue weighted by Crippen LogP contribution is -2.33. The van der Waals surface area contributed by atoms with Gasteiger partial charge in [0.1, 0.15) is 22.0 Å². The first-order chi connectivity index (χ1) is 18.7. The molecule has 3 heterocycles. The number of aromatic nitrogens is 2. The van der Waals surface area contributed by atoms with Gasteiger partial charge in [0.15, 0.2) is 17.3 Å². The van der Waals surface area contributed by atoms with Crippen molar-refractivity contribution in [1.29, 1.82) is 0 Å². The Morgan fingerprint density at radius 1 is 1.23 bits per heavy atom. The summed E-state index contributed by atoms with van der Waals surface area (Å²) < 4.78 is 55.6. The molecule has 1 aliphatic carbocycles. The highest BCUT2D eigenvalue weighted by atomic mass is 32.2. The van der Waals surface area contributed by atoms with Crippen LogP contribution < -0.4 is 10.9 Å². The minimum absolute atomic E-state index is 0.0650. The Morgan fingerprint density at radius 3 is 2.77 bits per heavy atom. The second-order valence-corrected chi connectivity index (χ2v) is 11.0. The predicted octanol–water partition coefficient (Wildman–Crippen LogP) is 3.65. The summed E-state index contributed by atoms with van der Waals surface area (Å²) in [5.41, 5.74) is -0.379. The standard InChI is InChI=1S/C26H21FN4O7S/c1-37-26(34)18-12-20(38-29-18)14-4-6-17-21(10-14)39(35,36)30-24(28-17)22-23(32)16-11-15(27)5-7-19(16)31(25(22)33)9-8-13-2-3-13/h4-7,10-13,32H,2-3,8-9H2,1H3,(H,28,30). The molecule has 0 bridgehead atoms. The van der Waals surface area contributed by atoms with Gasteiger partial charge < -0.3 is 24.3 Å². The van der Waals surface area contributed by atoms with E-state index in [2.05, 4.69) is 19.6 Å². The molecule has 2 aromatic heterocycles. The molecule has 0 atom stereocenters. The zero-order valence-electron chi connectivity index (χ0n) is 20.5. The molecule has 2 aromatic carbocycles. The molecule has 1 fully saturated rings. The van der Waals surface area contributed by atoms with Crippen molar-refractivity contribution in [3.8, 4) is 17.1 Å². The van der Waals surface area contributed by atoms with Gasteiger partial charge in [-0.15, -0.1) is 4.40 Å². The fraction of sp³-hybridized carbons (Fsp3) is 0.231. The van der Waals surface area contributed by atoms with Crippen LogP contribution in [0.2, 0.25) is 0 Å². The number of halogens is 1. The predicted molar refractivity (Wildman–Crippen MR) is 138 cm³/mol. The molecule has 13 heteroatoms. The van der Waals surface area contributed by atoms with Crippen LogP contribution in [-0.4, -0.2) is 42.2 Å². The van der Waals surface area contributed by atoms with Crippen molar-refractivity contribution < 1.29 is 32.0 Å². The number of sulfonamides is 1. The molecular formula is C26H21FN4O7S. The van der Waals surface area contributed by atoms with Crippen LogP contribution in [0, 0.1) is 11.7 Å². The van der Waals surface area contributed by atoms with Crippen LogP contribution in [0.5, 0.6) is 5.75 Å². The Balaban J connectivity index is 1.45. The molecule has 1 aliphatic heterocycles. The molecule has 39 heavy (non-hydrogen) atoms. The maximum atomic E-state index is 14.1. The quantitative estimate of drug-likeness (QED) is 0.341. The number of fused-ring (bicyclic) bond motifs is 2. The first-order valence-corrected chi connectivity index (χ1v) is 13.5. The lowest BCUT2D eigenvalue weighted by atomic mass is 10.1. The van der Waals surface area contributed by atoms with Crippen LogP contribution in [0.25, 0.3) is 22.2 Å². The maximum absolute atomic E-state index is 14.1. The van der Waals surface area contributed by atoms with Gasteiger partial charge in [-0.05, 0) is 48.7 Å². The number of hydrogen-bond donors (Lipinski definition) is 2. The second-order valence-electron chi connectivity index (χ2n) is 9.39. The number of hydrogen-bond acceptors (Lipinski definition) is 9. The molecule has 200 valence electrons. The molecule has 0 spiro atoms. The average Bonchev–Trinajstić information content (AvgIpc) is 3.61. The highest BCUT2D eigenvalue weighted by Crippen LogP contribution is 2.36. The number of pyridine rings is 1. The summed E-state index contributed by atoms with van der Waals surface area (Å²) in [7, 11) is -3.18. The SMILES string of the molecule is COC(=O)c1cc(-c2ccc3c(c2)S(=O)(=O)N=C(c2c(O)c4cc(F)ccc4n(CCC4CC4)c2=O)N3)on1. The van der Waals surface area contributed by atoms with E-state index < -0.39 is 33.1 Å². The van der Waals surface area contributed by atoms with E-state index in [1.165, 1.54) is 48.1 Å². The number of nitrogens with one attached hydrogen (secondary N) is 1. The van der Waals surface area contributed by atoms with Crippen molar-refractivity contribution in [1.82, 2.24) is 9.72 Å². The monoisotopic (exact) mass is 552 g/mol. The molecule has 2 N–H and O–H groups in total. The number of benzene rings is 2. The molecule has 11 nitrogen and oxygen atoms in total. The number of amidine groups is 1. The largest absolute Gasteiger partial charge is 0.506 e. The van der Waals surface area contributed by atoms with Crippen LogP contribution in [0.3, 0.4) is 0 Å². The molecule has 4 aromatic rings. The summed E-state index contributed by atoms with van der Waals surface area (Å²) in [6.07, 6.45) is 2.85. The summed E-state index contributed by atoms with van der Waals surface area (Å²) >= 11 is 0. The Hall–Kier alpha value is -4.52. The molecule has 6 rings (SSSR count). The van der Waals surface area contributed by atoms with Gasteiger partial charge in [0.05, 0.1) is 18.3 Å². The van der Waals surface area contributed by atoms with E-state index in [-0.39, 0.29) is 38.8 Å². The summed E-state index contributed by atoms with van der Waals surface area (Å²) in [6.45, 7) is 0.323. The normalized spacial score (nSPS) is 15.9. The Kier molecular flexibility index (Phi) is 5.75. The molecule has 0 unspecified atom stereocenters. The summed E-state index contributed by atoms with van der Waals surface area (Å²) in [5.74, 6) is -1.68. The van der Waals surface area contributed by atoms with Gasteiger partial charge in [-0.25, -0.2) is 9.18 Å². The van der Waals surface area contributed by atoms with E-state index in [1.54, 1.807) is 0 Å². The molecule has 0 radical (unpaired) electrons. The summed E-state index contributed by atoms with van der Waals surface area (Å²) in [4.78, 5) is 25.1. The third-order valence-corrected chi connectivity index (χ3v) is 8.12. The van der Waals surface area contributed by atoms with E-state index in [0.29, 0.717) is 23.5 Å². The van der Waals surface area contributed by atoms with Crippen molar-refractivity contribution in [3.63, 3.8) is 0 Å². The van der Waals surface area contributed by atoms with Gasteiger partial charge in [0.2, 0.25) is 0 Å². The Morgan fingerprint density at radius 2 is 2.03 bits per heavy atom. The van der Waals surface area contributed by atoms with Gasteiger partial charge in [-0.3, -0.25) is 4.79 Å². The molecule has 0 amide bonds. The lowest BCUT2D eigenvalue weighted by Gasteiger charge is -2.21. The highest BCUT2D eigenvalue weighted by molar-refractivity contribution is 7.90. The molecule has 2 aliphatic rings. The van der Waals surface area contributed by atoms with Crippen molar-refractivity contribution in [2.45, 2.75) is 30.7 Å². The van der Waals surface area contributed by atoms with Crippen LogP contribution in [0.15, 0.2) is 61.1 Å². The minimum atomic E-state index is -4.37. The molecule has 0 saturated heterocycles. The van der Waals surface area contributed by atoms with Crippen molar-refractivity contribution in [3.05, 3.63) is 69.9 Å². The zero-order valence-corrected chi connectivity index (χ0v) is 21.3. The minimum Gasteiger partial charge on any atom is -0.506 e. The summed E-state index contributed by atoms with van der Waals surface area (Å²) in [5, 5.41) is 17.6. The lowest BCUT2D eigenvalue weighted by molar-refractivity contribution is 0.0589. The highest BCUT2D eigenvalue weighted by Gasteiger charge is 2.31. The van der Waals surface area contributed by atoms with Crippen molar-refractivity contribution in [2.75, 3.05) is 12.4 Å². The Labute approximate surface area is 220 Å². The number of carbonyl (C=O) groups is 1. The van der Waals surface area contributed by atoms with Gasteiger partial charge >= 0.3 is 5.97 Å². The van der Waals surface area contributed by atoms with E-state index in [4.69, 9.17) is 4.52 Å².